The smallest absolute Gasteiger partial charge is 0.149 e. The van der Waals surface area contributed by atoms with Crippen LogP contribution in [-0.4, -0.2) is 29.8 Å². The molecule has 2 nitrogen and oxygen atoms in total. The van der Waals surface area contributed by atoms with Gasteiger partial charge >= 0.3 is 0 Å². The Labute approximate surface area is 114 Å². The standard InChI is InChI=1S/C15H23NOS/c1-12(11-13-7-6-10-18-13)16(2)14-8-4-3-5-9-15(14)17/h6-7,10,12,14H,3-5,8-9,11H2,1-2H3. The van der Waals surface area contributed by atoms with Gasteiger partial charge in [0, 0.05) is 17.3 Å². The Hall–Kier alpha value is -0.670. The first kappa shape index (κ1) is 13.8. The van der Waals surface area contributed by atoms with E-state index in [1.807, 2.05) is 11.3 Å². The zero-order chi connectivity index (χ0) is 13.0. The molecule has 1 heterocycles. The highest BCUT2D eigenvalue weighted by molar-refractivity contribution is 7.09. The van der Waals surface area contributed by atoms with Crippen molar-refractivity contribution in [2.24, 2.45) is 0 Å². The molecule has 100 valence electrons. The number of hydrogen-bond acceptors (Lipinski definition) is 3. The third kappa shape index (κ3) is 3.42. The fraction of sp³-hybridized carbons (Fsp3) is 0.667. The zero-order valence-electron chi connectivity index (χ0n) is 11.4. The van der Waals surface area contributed by atoms with Crippen LogP contribution in [0.15, 0.2) is 17.5 Å². The third-order valence-corrected chi connectivity index (χ3v) is 4.93. The number of likely N-dealkylation sites (N-methyl/N-ethyl adjacent to an activating group) is 1. The molecule has 1 saturated carbocycles. The van der Waals surface area contributed by atoms with Gasteiger partial charge in [0.25, 0.3) is 0 Å². The minimum Gasteiger partial charge on any atom is -0.298 e. The molecular weight excluding hydrogens is 242 g/mol. The van der Waals surface area contributed by atoms with Gasteiger partial charge in [-0.2, -0.15) is 0 Å². The summed E-state index contributed by atoms with van der Waals surface area (Å²) < 4.78 is 0. The minimum absolute atomic E-state index is 0.155. The molecule has 2 unspecified atom stereocenters. The van der Waals surface area contributed by atoms with Gasteiger partial charge in [-0.25, -0.2) is 0 Å². The summed E-state index contributed by atoms with van der Waals surface area (Å²) in [6.45, 7) is 2.23. The maximum atomic E-state index is 12.1. The van der Waals surface area contributed by atoms with Crippen molar-refractivity contribution in [1.82, 2.24) is 4.90 Å². The maximum Gasteiger partial charge on any atom is 0.149 e. The van der Waals surface area contributed by atoms with E-state index >= 15 is 0 Å². The lowest BCUT2D eigenvalue weighted by atomic mass is 10.0. The topological polar surface area (TPSA) is 20.3 Å². The summed E-state index contributed by atoms with van der Waals surface area (Å²) in [5, 5.41) is 2.12. The van der Waals surface area contributed by atoms with Crippen LogP contribution in [0.2, 0.25) is 0 Å². The first-order valence-electron chi connectivity index (χ1n) is 6.95. The zero-order valence-corrected chi connectivity index (χ0v) is 12.2. The van der Waals surface area contributed by atoms with Crippen LogP contribution in [0.25, 0.3) is 0 Å². The number of carbonyl (C=O) groups is 1. The Morgan fingerprint density at radius 1 is 1.44 bits per heavy atom. The minimum atomic E-state index is 0.155. The van der Waals surface area contributed by atoms with Gasteiger partial charge < -0.3 is 0 Å². The van der Waals surface area contributed by atoms with Crippen molar-refractivity contribution in [3.8, 4) is 0 Å². The van der Waals surface area contributed by atoms with Crippen LogP contribution in [0, 0.1) is 0 Å². The average Bonchev–Trinajstić information content (AvgIpc) is 2.76. The quantitative estimate of drug-likeness (QED) is 0.776. The second kappa shape index (κ2) is 6.48. The van der Waals surface area contributed by atoms with Crippen LogP contribution in [0.4, 0.5) is 0 Å². The van der Waals surface area contributed by atoms with Crippen molar-refractivity contribution in [3.63, 3.8) is 0 Å². The largest absolute Gasteiger partial charge is 0.298 e. The molecule has 0 N–H and O–H groups in total. The van der Waals surface area contributed by atoms with Crippen LogP contribution < -0.4 is 0 Å². The van der Waals surface area contributed by atoms with Gasteiger partial charge in [0.15, 0.2) is 0 Å². The van der Waals surface area contributed by atoms with Crippen molar-refractivity contribution in [3.05, 3.63) is 22.4 Å². The molecule has 0 spiro atoms. The summed E-state index contributed by atoms with van der Waals surface area (Å²) >= 11 is 1.81. The lowest BCUT2D eigenvalue weighted by Crippen LogP contribution is -2.43. The van der Waals surface area contributed by atoms with Crippen LogP contribution in [0.5, 0.6) is 0 Å². The maximum absolute atomic E-state index is 12.1. The van der Waals surface area contributed by atoms with Crippen molar-refractivity contribution >= 4 is 17.1 Å². The van der Waals surface area contributed by atoms with Crippen molar-refractivity contribution in [2.45, 2.75) is 57.5 Å². The number of rotatable bonds is 4. The number of carbonyl (C=O) groups excluding carboxylic acids is 1. The van der Waals surface area contributed by atoms with Crippen molar-refractivity contribution in [2.75, 3.05) is 7.05 Å². The van der Waals surface area contributed by atoms with E-state index < -0.39 is 0 Å². The summed E-state index contributed by atoms with van der Waals surface area (Å²) in [5.41, 5.74) is 0. The second-order valence-electron chi connectivity index (χ2n) is 5.38. The predicted molar refractivity (Wildman–Crippen MR) is 77.1 cm³/mol. The van der Waals surface area contributed by atoms with E-state index in [0.29, 0.717) is 11.8 Å². The molecule has 0 radical (unpaired) electrons. The molecule has 1 fully saturated rings. The Morgan fingerprint density at radius 3 is 3.00 bits per heavy atom. The first-order valence-corrected chi connectivity index (χ1v) is 7.83. The number of ketones is 1. The monoisotopic (exact) mass is 265 g/mol. The van der Waals surface area contributed by atoms with Crippen LogP contribution in [-0.2, 0) is 11.2 Å². The second-order valence-corrected chi connectivity index (χ2v) is 6.41. The van der Waals surface area contributed by atoms with Gasteiger partial charge in [0.1, 0.15) is 5.78 Å². The van der Waals surface area contributed by atoms with Crippen LogP contribution in [0.1, 0.15) is 43.9 Å². The normalized spacial score (nSPS) is 23.1. The molecule has 1 aliphatic rings. The summed E-state index contributed by atoms with van der Waals surface area (Å²) in [6, 6.07) is 4.88. The molecule has 0 saturated heterocycles. The molecule has 1 aliphatic carbocycles. The highest BCUT2D eigenvalue weighted by Crippen LogP contribution is 2.22. The van der Waals surface area contributed by atoms with Gasteiger partial charge in [-0.15, -0.1) is 11.3 Å². The highest BCUT2D eigenvalue weighted by Gasteiger charge is 2.27. The van der Waals surface area contributed by atoms with E-state index in [0.717, 1.165) is 25.7 Å². The lowest BCUT2D eigenvalue weighted by Gasteiger charge is -2.31. The number of thiophene rings is 1. The lowest BCUT2D eigenvalue weighted by molar-refractivity contribution is -0.124. The molecular formula is C15H23NOS. The summed E-state index contributed by atoms with van der Waals surface area (Å²) in [6.07, 6.45) is 6.38. The molecule has 2 rings (SSSR count). The Kier molecular flexibility index (Phi) is 4.95. The van der Waals surface area contributed by atoms with Gasteiger partial charge in [-0.05, 0) is 44.7 Å². The molecule has 0 aliphatic heterocycles. The van der Waals surface area contributed by atoms with Crippen molar-refractivity contribution < 1.29 is 4.79 Å². The molecule has 0 aromatic carbocycles. The summed E-state index contributed by atoms with van der Waals surface area (Å²) in [5.74, 6) is 0.452. The molecule has 2 atom stereocenters. The number of nitrogens with zero attached hydrogens (tertiary/aromatic N) is 1. The molecule has 1 aromatic heterocycles. The number of Topliss-reactive ketones (excluding diaryl/α,β-unsaturated/α-hetero) is 1. The van der Waals surface area contributed by atoms with E-state index in [4.69, 9.17) is 0 Å². The average molecular weight is 265 g/mol. The SMILES string of the molecule is CC(Cc1cccs1)N(C)C1CCCCCC1=O. The molecule has 0 bridgehead atoms. The summed E-state index contributed by atoms with van der Waals surface area (Å²) in [7, 11) is 2.12. The van der Waals surface area contributed by atoms with Gasteiger partial charge in [-0.1, -0.05) is 18.9 Å². The van der Waals surface area contributed by atoms with Gasteiger partial charge in [0.2, 0.25) is 0 Å². The van der Waals surface area contributed by atoms with Crippen LogP contribution in [0.3, 0.4) is 0 Å². The molecule has 18 heavy (non-hydrogen) atoms. The number of hydrogen-bond donors (Lipinski definition) is 0. The first-order chi connectivity index (χ1) is 8.68. The molecule has 0 amide bonds. The van der Waals surface area contributed by atoms with E-state index in [9.17, 15) is 4.79 Å². The summed E-state index contributed by atoms with van der Waals surface area (Å²) in [4.78, 5) is 15.8. The van der Waals surface area contributed by atoms with Gasteiger partial charge in [0.05, 0.1) is 6.04 Å². The Bertz CT molecular complexity index is 374. The van der Waals surface area contributed by atoms with E-state index in [-0.39, 0.29) is 6.04 Å². The Morgan fingerprint density at radius 2 is 2.28 bits per heavy atom. The van der Waals surface area contributed by atoms with Crippen molar-refractivity contribution in [1.29, 1.82) is 0 Å². The predicted octanol–water partition coefficient (Wildman–Crippen LogP) is 3.51. The fourth-order valence-corrected chi connectivity index (χ4v) is 3.57. The van der Waals surface area contributed by atoms with E-state index in [1.54, 1.807) is 0 Å². The van der Waals surface area contributed by atoms with E-state index in [1.165, 1.54) is 17.7 Å². The fourth-order valence-electron chi connectivity index (χ4n) is 2.74. The highest BCUT2D eigenvalue weighted by atomic mass is 32.1. The molecule has 3 heteroatoms. The molecule has 1 aromatic rings. The van der Waals surface area contributed by atoms with Crippen LogP contribution >= 0.6 is 11.3 Å². The third-order valence-electron chi connectivity index (χ3n) is 4.04. The van der Waals surface area contributed by atoms with Gasteiger partial charge in [-0.3, -0.25) is 9.69 Å². The van der Waals surface area contributed by atoms with E-state index in [2.05, 4.69) is 36.4 Å². The Balaban J connectivity index is 1.96.